The van der Waals surface area contributed by atoms with Crippen molar-refractivity contribution in [3.8, 4) is 11.5 Å². The Morgan fingerprint density at radius 1 is 1.32 bits per heavy atom. The molecule has 0 radical (unpaired) electrons. The number of carbonyl (C=O) groups excluding carboxylic acids is 1. The molecule has 1 unspecified atom stereocenters. The van der Waals surface area contributed by atoms with Crippen LogP contribution in [0.5, 0.6) is 11.5 Å². The van der Waals surface area contributed by atoms with Crippen molar-refractivity contribution in [2.75, 3.05) is 7.11 Å². The maximum atomic E-state index is 11.9. The van der Waals surface area contributed by atoms with Crippen molar-refractivity contribution in [1.29, 1.82) is 0 Å². The van der Waals surface area contributed by atoms with Crippen LogP contribution in [0.2, 0.25) is 5.15 Å². The highest BCUT2D eigenvalue weighted by Crippen LogP contribution is 2.18. The van der Waals surface area contributed by atoms with E-state index in [1.807, 2.05) is 0 Å². The van der Waals surface area contributed by atoms with Crippen molar-refractivity contribution in [2.24, 2.45) is 7.05 Å². The number of aromatic nitrogens is 2. The fourth-order valence-corrected chi connectivity index (χ4v) is 1.86. The number of benzene rings is 1. The number of rotatable bonds is 6. The van der Waals surface area contributed by atoms with E-state index in [4.69, 9.17) is 25.8 Å². The second-order valence-corrected chi connectivity index (χ2v) is 4.99. The molecule has 2 rings (SSSR count). The van der Waals surface area contributed by atoms with Gasteiger partial charge in [-0.25, -0.2) is 9.78 Å². The number of carbonyl (C=O) groups is 1. The first-order chi connectivity index (χ1) is 10.5. The molecule has 0 spiro atoms. The van der Waals surface area contributed by atoms with Crippen LogP contribution in [0, 0.1) is 0 Å². The highest BCUT2D eigenvalue weighted by Gasteiger charge is 2.17. The van der Waals surface area contributed by atoms with Gasteiger partial charge in [-0.2, -0.15) is 0 Å². The van der Waals surface area contributed by atoms with Crippen molar-refractivity contribution in [2.45, 2.75) is 19.6 Å². The zero-order valence-corrected chi connectivity index (χ0v) is 13.3. The van der Waals surface area contributed by atoms with Crippen LogP contribution in [0.25, 0.3) is 0 Å². The van der Waals surface area contributed by atoms with Crippen LogP contribution in [0.1, 0.15) is 12.7 Å². The topological polar surface area (TPSA) is 62.6 Å². The molecule has 0 amide bonds. The molecule has 0 saturated carbocycles. The first kappa shape index (κ1) is 16.2. The van der Waals surface area contributed by atoms with E-state index in [-0.39, 0.29) is 6.61 Å². The SMILES string of the molecule is COc1ccc(OC(C)C(=O)OCc2ncc(Cl)n2C)cc1. The van der Waals surface area contributed by atoms with E-state index in [2.05, 4.69) is 4.98 Å². The second-order valence-electron chi connectivity index (χ2n) is 4.60. The molecule has 0 aliphatic heterocycles. The molecule has 0 N–H and O–H groups in total. The van der Waals surface area contributed by atoms with Gasteiger partial charge in [0.25, 0.3) is 0 Å². The van der Waals surface area contributed by atoms with Crippen molar-refractivity contribution in [3.05, 3.63) is 41.4 Å². The molecule has 0 fully saturated rings. The summed E-state index contributed by atoms with van der Waals surface area (Å²) in [6.07, 6.45) is 0.770. The largest absolute Gasteiger partial charge is 0.497 e. The predicted octanol–water partition coefficient (Wildman–Crippen LogP) is 2.59. The number of nitrogens with zero attached hydrogens (tertiary/aromatic N) is 2. The summed E-state index contributed by atoms with van der Waals surface area (Å²) >= 11 is 5.86. The Hall–Kier alpha value is -2.21. The van der Waals surface area contributed by atoms with E-state index in [1.54, 1.807) is 49.9 Å². The van der Waals surface area contributed by atoms with Crippen LogP contribution in [0.15, 0.2) is 30.5 Å². The van der Waals surface area contributed by atoms with E-state index in [0.29, 0.717) is 22.5 Å². The summed E-state index contributed by atoms with van der Waals surface area (Å²) in [5.74, 6) is 1.37. The van der Waals surface area contributed by atoms with Gasteiger partial charge in [0.2, 0.25) is 0 Å². The number of halogens is 1. The van der Waals surface area contributed by atoms with E-state index in [0.717, 1.165) is 0 Å². The van der Waals surface area contributed by atoms with Crippen LogP contribution in [-0.4, -0.2) is 28.7 Å². The van der Waals surface area contributed by atoms with Crippen LogP contribution >= 0.6 is 11.6 Å². The van der Waals surface area contributed by atoms with Crippen LogP contribution < -0.4 is 9.47 Å². The minimum atomic E-state index is -0.732. The molecule has 118 valence electrons. The molecule has 1 atom stereocenters. The third-order valence-electron chi connectivity index (χ3n) is 3.08. The first-order valence-corrected chi connectivity index (χ1v) is 7.02. The molecule has 6 nitrogen and oxygen atoms in total. The van der Waals surface area contributed by atoms with Crippen molar-refractivity contribution in [1.82, 2.24) is 9.55 Å². The normalized spacial score (nSPS) is 11.8. The lowest BCUT2D eigenvalue weighted by Gasteiger charge is -2.14. The standard InChI is InChI=1S/C15H17ClN2O4/c1-10(22-12-6-4-11(20-3)5-7-12)15(19)21-9-14-17-8-13(16)18(14)2/h4-8,10H,9H2,1-3H3. The van der Waals surface area contributed by atoms with Gasteiger partial charge in [0.15, 0.2) is 6.10 Å². The van der Waals surface area contributed by atoms with Crippen LogP contribution in [-0.2, 0) is 23.2 Å². The quantitative estimate of drug-likeness (QED) is 0.764. The Morgan fingerprint density at radius 2 is 1.95 bits per heavy atom. The van der Waals surface area contributed by atoms with Gasteiger partial charge in [0.1, 0.15) is 29.1 Å². The van der Waals surface area contributed by atoms with E-state index < -0.39 is 12.1 Å². The molecule has 1 aromatic carbocycles. The summed E-state index contributed by atoms with van der Waals surface area (Å²) in [6.45, 7) is 1.66. The molecule has 0 aliphatic rings. The van der Waals surface area contributed by atoms with Gasteiger partial charge in [-0.15, -0.1) is 0 Å². The number of imidazole rings is 1. The van der Waals surface area contributed by atoms with Gasteiger partial charge in [0.05, 0.1) is 13.3 Å². The van der Waals surface area contributed by atoms with E-state index >= 15 is 0 Å². The zero-order valence-electron chi connectivity index (χ0n) is 12.6. The van der Waals surface area contributed by atoms with Crippen molar-refractivity contribution in [3.63, 3.8) is 0 Å². The van der Waals surface area contributed by atoms with E-state index in [1.165, 1.54) is 6.20 Å². The summed E-state index contributed by atoms with van der Waals surface area (Å²) < 4.78 is 17.4. The minimum Gasteiger partial charge on any atom is -0.497 e. The fourth-order valence-electron chi connectivity index (χ4n) is 1.72. The van der Waals surface area contributed by atoms with E-state index in [9.17, 15) is 4.79 Å². The Labute approximate surface area is 133 Å². The average molecular weight is 325 g/mol. The zero-order chi connectivity index (χ0) is 16.1. The molecule has 1 aromatic heterocycles. The Kier molecular flexibility index (Phi) is 5.27. The van der Waals surface area contributed by atoms with Gasteiger partial charge >= 0.3 is 5.97 Å². The molecule has 22 heavy (non-hydrogen) atoms. The summed E-state index contributed by atoms with van der Waals surface area (Å²) in [6, 6.07) is 6.95. The predicted molar refractivity (Wildman–Crippen MR) is 81.1 cm³/mol. The molecule has 7 heteroatoms. The van der Waals surface area contributed by atoms with Crippen molar-refractivity contribution >= 4 is 17.6 Å². The molecular formula is C15H17ClN2O4. The second kappa shape index (κ2) is 7.17. The Balaban J connectivity index is 1.87. The molecular weight excluding hydrogens is 308 g/mol. The monoisotopic (exact) mass is 324 g/mol. The summed E-state index contributed by atoms with van der Waals surface area (Å²) in [4.78, 5) is 16.0. The van der Waals surface area contributed by atoms with Gasteiger partial charge in [-0.05, 0) is 31.2 Å². The molecule has 0 saturated heterocycles. The number of ether oxygens (including phenoxy) is 3. The molecule has 0 aliphatic carbocycles. The summed E-state index contributed by atoms with van der Waals surface area (Å²) in [7, 11) is 3.33. The fraction of sp³-hybridized carbons (Fsp3) is 0.333. The smallest absolute Gasteiger partial charge is 0.347 e. The van der Waals surface area contributed by atoms with Gasteiger partial charge < -0.3 is 18.8 Å². The maximum absolute atomic E-state index is 11.9. The minimum absolute atomic E-state index is 0.0400. The molecule has 0 bridgehead atoms. The number of esters is 1. The molecule has 1 heterocycles. The lowest BCUT2D eigenvalue weighted by atomic mass is 10.3. The summed E-state index contributed by atoms with van der Waals surface area (Å²) in [5, 5.41) is 0.480. The van der Waals surface area contributed by atoms with Gasteiger partial charge in [0, 0.05) is 7.05 Å². The van der Waals surface area contributed by atoms with Crippen molar-refractivity contribution < 1.29 is 19.0 Å². The lowest BCUT2D eigenvalue weighted by molar-refractivity contribution is -0.152. The van der Waals surface area contributed by atoms with Gasteiger partial charge in [-0.3, -0.25) is 0 Å². The average Bonchev–Trinajstić information content (AvgIpc) is 2.85. The first-order valence-electron chi connectivity index (χ1n) is 6.64. The Bertz CT molecular complexity index is 639. The number of methoxy groups -OCH3 is 1. The number of hydrogen-bond acceptors (Lipinski definition) is 5. The third kappa shape index (κ3) is 3.92. The number of hydrogen-bond donors (Lipinski definition) is 0. The van der Waals surface area contributed by atoms with Crippen LogP contribution in [0.4, 0.5) is 0 Å². The third-order valence-corrected chi connectivity index (χ3v) is 3.43. The highest BCUT2D eigenvalue weighted by molar-refractivity contribution is 6.29. The lowest BCUT2D eigenvalue weighted by Crippen LogP contribution is -2.26. The maximum Gasteiger partial charge on any atom is 0.347 e. The van der Waals surface area contributed by atoms with Crippen LogP contribution in [0.3, 0.4) is 0 Å². The van der Waals surface area contributed by atoms with Gasteiger partial charge in [-0.1, -0.05) is 11.6 Å². The summed E-state index contributed by atoms with van der Waals surface area (Å²) in [5.41, 5.74) is 0. The highest BCUT2D eigenvalue weighted by atomic mass is 35.5. The molecule has 2 aromatic rings. The Morgan fingerprint density at radius 3 is 2.50 bits per heavy atom.